The summed E-state index contributed by atoms with van der Waals surface area (Å²) in [5.74, 6) is -0.685. The summed E-state index contributed by atoms with van der Waals surface area (Å²) in [7, 11) is -3.71. The zero-order chi connectivity index (χ0) is 18.9. The fourth-order valence-corrected chi connectivity index (χ4v) is 4.44. The molecule has 0 atom stereocenters. The molecule has 0 saturated carbocycles. The number of amides is 1. The molecule has 1 saturated heterocycles. The van der Waals surface area contributed by atoms with E-state index in [0.717, 1.165) is 0 Å². The van der Waals surface area contributed by atoms with Gasteiger partial charge in [0.05, 0.1) is 16.7 Å². The minimum Gasteiger partial charge on any atom is -0.381 e. The molecule has 2 heterocycles. The van der Waals surface area contributed by atoms with Gasteiger partial charge in [-0.05, 0) is 40.5 Å². The van der Waals surface area contributed by atoms with Crippen LogP contribution in [-0.2, 0) is 24.8 Å². The zero-order valence-corrected chi connectivity index (χ0v) is 15.6. The van der Waals surface area contributed by atoms with Crippen LogP contribution >= 0.6 is 0 Å². The van der Waals surface area contributed by atoms with Crippen molar-refractivity contribution >= 4 is 21.6 Å². The van der Waals surface area contributed by atoms with E-state index in [2.05, 4.69) is 16.5 Å². The predicted molar refractivity (Wildman–Crippen MR) is 90.6 cm³/mol. The van der Waals surface area contributed by atoms with Gasteiger partial charge in [-0.3, -0.25) is 10.1 Å². The van der Waals surface area contributed by atoms with Gasteiger partial charge in [0, 0.05) is 19.3 Å². The summed E-state index contributed by atoms with van der Waals surface area (Å²) >= 11 is 0. The van der Waals surface area contributed by atoms with Crippen LogP contribution in [0, 0.1) is 11.3 Å². The smallest absolute Gasteiger partial charge is 0.247 e. The maximum atomic E-state index is 12.8. The Bertz CT molecular complexity index is 783. The summed E-state index contributed by atoms with van der Waals surface area (Å²) in [6.07, 6.45) is 0.754. The molecule has 0 aromatic carbocycles. The average Bonchev–Trinajstić information content (AvgIpc) is 3.04. The molecule has 0 radical (unpaired) electrons. The van der Waals surface area contributed by atoms with Crippen molar-refractivity contribution in [3.63, 3.8) is 0 Å². The Morgan fingerprint density at radius 3 is 2.48 bits per heavy atom. The van der Waals surface area contributed by atoms with Crippen LogP contribution in [0.15, 0.2) is 10.6 Å². The monoisotopic (exact) mass is 369 g/mol. The Kier molecular flexibility index (Phi) is 5.25. The summed E-state index contributed by atoms with van der Waals surface area (Å²) in [6.45, 7) is 6.83. The van der Waals surface area contributed by atoms with Crippen molar-refractivity contribution in [3.05, 3.63) is 11.8 Å². The molecular weight excluding hydrogens is 346 g/mol. The molecular formula is C16H23N3O5S. The van der Waals surface area contributed by atoms with Crippen molar-refractivity contribution in [1.29, 1.82) is 5.26 Å². The number of nitriles is 1. The lowest BCUT2D eigenvalue weighted by molar-refractivity contribution is -0.118. The van der Waals surface area contributed by atoms with Crippen molar-refractivity contribution in [2.24, 2.45) is 0 Å². The molecule has 1 aliphatic rings. The van der Waals surface area contributed by atoms with E-state index in [0.29, 0.717) is 31.7 Å². The number of sulfone groups is 1. The molecule has 1 fully saturated rings. The third-order valence-electron chi connectivity index (χ3n) is 4.53. The molecule has 1 N–H and O–H groups in total. The quantitative estimate of drug-likeness (QED) is 0.839. The minimum atomic E-state index is -3.71. The molecule has 138 valence electrons. The van der Waals surface area contributed by atoms with Gasteiger partial charge in [0.15, 0.2) is 9.84 Å². The number of carbonyl (C=O) groups is 1. The van der Waals surface area contributed by atoms with Gasteiger partial charge < -0.3 is 9.26 Å². The average molecular weight is 369 g/mol. The number of rotatable bonds is 5. The minimum absolute atomic E-state index is 0.0126. The number of nitrogens with zero attached hydrogens (tertiary/aromatic N) is 2. The van der Waals surface area contributed by atoms with Gasteiger partial charge in [-0.25, -0.2) is 8.42 Å². The third-order valence-corrected chi connectivity index (χ3v) is 7.49. The first-order chi connectivity index (χ1) is 11.5. The lowest BCUT2D eigenvalue weighted by Gasteiger charge is -2.30. The first-order valence-electron chi connectivity index (χ1n) is 8.03. The molecule has 2 rings (SSSR count). The van der Waals surface area contributed by atoms with Crippen LogP contribution in [0.3, 0.4) is 0 Å². The highest BCUT2D eigenvalue weighted by atomic mass is 32.2. The van der Waals surface area contributed by atoms with Crippen molar-refractivity contribution < 1.29 is 22.5 Å². The van der Waals surface area contributed by atoms with E-state index in [9.17, 15) is 13.2 Å². The second kappa shape index (κ2) is 6.77. The number of hydrogen-bond donors (Lipinski definition) is 1. The highest BCUT2D eigenvalue weighted by Gasteiger charge is 2.47. The first kappa shape index (κ1) is 19.4. The maximum Gasteiger partial charge on any atom is 0.247 e. The third kappa shape index (κ3) is 3.70. The number of hydrogen-bond acceptors (Lipinski definition) is 7. The highest BCUT2D eigenvalue weighted by molar-refractivity contribution is 7.94. The normalized spacial score (nSPS) is 17.1. The molecule has 8 nitrogen and oxygen atoms in total. The van der Waals surface area contributed by atoms with Crippen molar-refractivity contribution in [1.82, 2.24) is 5.16 Å². The molecule has 1 amide bonds. The molecule has 0 spiro atoms. The summed E-state index contributed by atoms with van der Waals surface area (Å²) in [6, 6.07) is 3.51. The van der Waals surface area contributed by atoms with E-state index in [1.165, 1.54) is 19.9 Å². The molecule has 9 heteroatoms. The van der Waals surface area contributed by atoms with E-state index >= 15 is 0 Å². The van der Waals surface area contributed by atoms with Gasteiger partial charge in [0.2, 0.25) is 11.8 Å². The standard InChI is InChI=1S/C16H23N3O5S/c1-15(2,10-17)12-9-13(24-19-12)18-14(20)16(3,4)25(21,22)11-5-7-23-8-6-11/h9,11H,5-8H2,1-4H3,(H,18,20). The van der Waals surface area contributed by atoms with Crippen LogP contribution in [0.4, 0.5) is 5.88 Å². The number of anilines is 1. The Hall–Kier alpha value is -1.92. The van der Waals surface area contributed by atoms with Crippen molar-refractivity contribution in [2.75, 3.05) is 18.5 Å². The lowest BCUT2D eigenvalue weighted by Crippen LogP contribution is -2.50. The molecule has 25 heavy (non-hydrogen) atoms. The topological polar surface area (TPSA) is 122 Å². The molecule has 0 bridgehead atoms. The predicted octanol–water partition coefficient (Wildman–Crippen LogP) is 1.79. The zero-order valence-electron chi connectivity index (χ0n) is 14.8. The highest BCUT2D eigenvalue weighted by Crippen LogP contribution is 2.29. The summed E-state index contributed by atoms with van der Waals surface area (Å²) in [5, 5.41) is 14.7. The first-order valence-corrected chi connectivity index (χ1v) is 9.58. The molecule has 0 aliphatic carbocycles. The fraction of sp³-hybridized carbons (Fsp3) is 0.688. The van der Waals surface area contributed by atoms with E-state index in [-0.39, 0.29) is 5.88 Å². The van der Waals surface area contributed by atoms with E-state index < -0.39 is 31.2 Å². The molecule has 0 unspecified atom stereocenters. The van der Waals surface area contributed by atoms with Gasteiger partial charge in [-0.2, -0.15) is 5.26 Å². The van der Waals surface area contributed by atoms with E-state index in [1.54, 1.807) is 13.8 Å². The van der Waals surface area contributed by atoms with Gasteiger partial charge in [0.25, 0.3) is 0 Å². The summed E-state index contributed by atoms with van der Waals surface area (Å²) < 4.78 is 34.3. The van der Waals surface area contributed by atoms with Gasteiger partial charge in [-0.15, -0.1) is 0 Å². The number of nitrogens with one attached hydrogen (secondary N) is 1. The largest absolute Gasteiger partial charge is 0.381 e. The maximum absolute atomic E-state index is 12.8. The van der Waals surface area contributed by atoms with Gasteiger partial charge in [0.1, 0.15) is 10.4 Å². The molecule has 1 aliphatic heterocycles. The van der Waals surface area contributed by atoms with Gasteiger partial charge >= 0.3 is 0 Å². The second-order valence-electron chi connectivity index (χ2n) is 7.13. The van der Waals surface area contributed by atoms with Crippen LogP contribution in [0.2, 0.25) is 0 Å². The van der Waals surface area contributed by atoms with Crippen LogP contribution in [0.5, 0.6) is 0 Å². The van der Waals surface area contributed by atoms with Crippen LogP contribution < -0.4 is 5.32 Å². The molecule has 1 aromatic rings. The molecule has 1 aromatic heterocycles. The van der Waals surface area contributed by atoms with Crippen LogP contribution in [0.1, 0.15) is 46.2 Å². The lowest BCUT2D eigenvalue weighted by atomic mass is 9.92. The fourth-order valence-electron chi connectivity index (χ4n) is 2.48. The van der Waals surface area contributed by atoms with E-state index in [1.807, 2.05) is 0 Å². The Balaban J connectivity index is 2.18. The van der Waals surface area contributed by atoms with Crippen molar-refractivity contribution in [2.45, 2.75) is 55.9 Å². The Labute approximate surface area is 147 Å². The SMILES string of the molecule is CC(C)(C#N)c1cc(NC(=O)C(C)(C)S(=O)(=O)C2CCOCC2)on1. The van der Waals surface area contributed by atoms with Crippen molar-refractivity contribution in [3.8, 4) is 6.07 Å². The summed E-state index contributed by atoms with van der Waals surface area (Å²) in [5.41, 5.74) is -0.522. The summed E-state index contributed by atoms with van der Waals surface area (Å²) in [4.78, 5) is 12.6. The van der Waals surface area contributed by atoms with E-state index in [4.69, 9.17) is 14.5 Å². The second-order valence-corrected chi connectivity index (χ2v) is 9.91. The Morgan fingerprint density at radius 2 is 1.92 bits per heavy atom. The Morgan fingerprint density at radius 1 is 1.32 bits per heavy atom. The number of aromatic nitrogens is 1. The number of carbonyl (C=O) groups excluding carboxylic acids is 1. The van der Waals surface area contributed by atoms with Crippen LogP contribution in [-0.4, -0.2) is 42.7 Å². The van der Waals surface area contributed by atoms with Crippen LogP contribution in [0.25, 0.3) is 0 Å². The van der Waals surface area contributed by atoms with Gasteiger partial charge in [-0.1, -0.05) is 5.16 Å². The number of ether oxygens (including phenoxy) is 1.